The van der Waals surface area contributed by atoms with E-state index in [1.54, 1.807) is 19.0 Å². The molecule has 2 unspecified atom stereocenters. The van der Waals surface area contributed by atoms with E-state index < -0.39 is 0 Å². The zero-order chi connectivity index (χ0) is 19.8. The Kier molecular flexibility index (Phi) is 10.6. The van der Waals surface area contributed by atoms with Gasteiger partial charge in [0.15, 0.2) is 5.96 Å². The molecule has 0 radical (unpaired) electrons. The number of anilines is 1. The molecule has 2 rings (SSSR count). The molecule has 0 saturated heterocycles. The quantitative estimate of drug-likeness (QED) is 0.355. The van der Waals surface area contributed by atoms with Crippen LogP contribution in [0.4, 0.5) is 5.82 Å². The Morgan fingerprint density at radius 3 is 2.57 bits per heavy atom. The van der Waals surface area contributed by atoms with Crippen LogP contribution in [0.2, 0.25) is 0 Å². The number of aromatic nitrogens is 1. The number of nitrogens with zero attached hydrogens (tertiary/aromatic N) is 4. The molecule has 1 aliphatic rings. The average Bonchev–Trinajstić information content (AvgIpc) is 2.65. The molecule has 7 nitrogen and oxygen atoms in total. The summed E-state index contributed by atoms with van der Waals surface area (Å²) in [5.74, 6) is 2.22. The van der Waals surface area contributed by atoms with E-state index in [0.717, 1.165) is 17.9 Å². The number of rotatable bonds is 6. The predicted molar refractivity (Wildman–Crippen MR) is 126 cm³/mol. The number of amides is 1. The van der Waals surface area contributed by atoms with E-state index >= 15 is 0 Å². The zero-order valence-corrected chi connectivity index (χ0v) is 20.1. The molecule has 1 amide bonds. The molecule has 0 aromatic carbocycles. The van der Waals surface area contributed by atoms with Crippen LogP contribution in [0.1, 0.15) is 38.3 Å². The van der Waals surface area contributed by atoms with Gasteiger partial charge in [0, 0.05) is 34.2 Å². The highest BCUT2D eigenvalue weighted by Crippen LogP contribution is 2.23. The highest BCUT2D eigenvalue weighted by Gasteiger charge is 2.22. The number of hydrogen-bond donors (Lipinski definition) is 2. The van der Waals surface area contributed by atoms with Gasteiger partial charge in [-0.15, -0.1) is 24.0 Å². The lowest BCUT2D eigenvalue weighted by molar-refractivity contribution is -0.127. The maximum atomic E-state index is 12.0. The zero-order valence-electron chi connectivity index (χ0n) is 17.7. The number of nitrogens with one attached hydrogen (secondary N) is 2. The van der Waals surface area contributed by atoms with Crippen molar-refractivity contribution in [1.29, 1.82) is 0 Å². The fourth-order valence-electron chi connectivity index (χ4n) is 3.14. The fraction of sp³-hybridized carbons (Fsp3) is 0.650. The Morgan fingerprint density at radius 2 is 1.93 bits per heavy atom. The molecule has 1 aromatic heterocycles. The summed E-state index contributed by atoms with van der Waals surface area (Å²) >= 11 is 0. The molecule has 8 heteroatoms. The summed E-state index contributed by atoms with van der Waals surface area (Å²) in [6.45, 7) is 2.97. The summed E-state index contributed by atoms with van der Waals surface area (Å²) < 4.78 is 0. The third-order valence-electron chi connectivity index (χ3n) is 4.99. The monoisotopic (exact) mass is 502 g/mol. The lowest BCUT2D eigenvalue weighted by Gasteiger charge is -2.31. The molecular formula is C20H35IN6O. The van der Waals surface area contributed by atoms with Gasteiger partial charge in [0.25, 0.3) is 0 Å². The van der Waals surface area contributed by atoms with Crippen LogP contribution in [0.3, 0.4) is 0 Å². The fourth-order valence-corrected chi connectivity index (χ4v) is 3.14. The van der Waals surface area contributed by atoms with E-state index in [4.69, 9.17) is 4.99 Å². The number of halogens is 1. The van der Waals surface area contributed by atoms with Gasteiger partial charge >= 0.3 is 0 Å². The SMILES string of the molecule is CC1CCCCC1NC(=NCc1cccc(N(C)C)n1)NCC(=O)N(C)C.I. The van der Waals surface area contributed by atoms with Crippen molar-refractivity contribution < 1.29 is 4.79 Å². The molecule has 0 spiro atoms. The number of pyridine rings is 1. The molecular weight excluding hydrogens is 467 g/mol. The van der Waals surface area contributed by atoms with Gasteiger partial charge in [-0.1, -0.05) is 25.8 Å². The summed E-state index contributed by atoms with van der Waals surface area (Å²) in [4.78, 5) is 24.8. The average molecular weight is 502 g/mol. The van der Waals surface area contributed by atoms with Crippen LogP contribution in [-0.2, 0) is 11.3 Å². The first kappa shape index (κ1) is 24.5. The maximum absolute atomic E-state index is 12.0. The Labute approximate surface area is 186 Å². The number of hydrogen-bond acceptors (Lipinski definition) is 4. The van der Waals surface area contributed by atoms with Crippen LogP contribution in [0.5, 0.6) is 0 Å². The Balaban J connectivity index is 0.00000392. The number of carbonyl (C=O) groups excluding carboxylic acids is 1. The molecule has 1 heterocycles. The first-order valence-electron chi connectivity index (χ1n) is 9.75. The lowest BCUT2D eigenvalue weighted by atomic mass is 9.86. The number of guanidine groups is 1. The molecule has 1 saturated carbocycles. The highest BCUT2D eigenvalue weighted by atomic mass is 127. The van der Waals surface area contributed by atoms with Crippen molar-refractivity contribution in [1.82, 2.24) is 20.5 Å². The minimum atomic E-state index is 0. The van der Waals surface area contributed by atoms with Crippen molar-refractivity contribution in [3.8, 4) is 0 Å². The predicted octanol–water partition coefficient (Wildman–Crippen LogP) is 2.47. The van der Waals surface area contributed by atoms with E-state index in [2.05, 4.69) is 22.5 Å². The van der Waals surface area contributed by atoms with Gasteiger partial charge in [0.05, 0.1) is 18.8 Å². The molecule has 28 heavy (non-hydrogen) atoms. The topological polar surface area (TPSA) is 72.9 Å². The van der Waals surface area contributed by atoms with Crippen LogP contribution in [0.15, 0.2) is 23.2 Å². The van der Waals surface area contributed by atoms with Gasteiger partial charge in [0.2, 0.25) is 5.91 Å². The van der Waals surface area contributed by atoms with Crippen LogP contribution < -0.4 is 15.5 Å². The van der Waals surface area contributed by atoms with E-state index in [1.807, 2.05) is 37.2 Å². The molecule has 2 N–H and O–H groups in total. The van der Waals surface area contributed by atoms with Crippen LogP contribution >= 0.6 is 24.0 Å². The Hall–Kier alpha value is -1.58. The summed E-state index contributed by atoms with van der Waals surface area (Å²) in [6.07, 6.45) is 4.89. The Bertz CT molecular complexity index is 649. The third kappa shape index (κ3) is 7.81. The van der Waals surface area contributed by atoms with Crippen molar-refractivity contribution in [3.63, 3.8) is 0 Å². The summed E-state index contributed by atoms with van der Waals surface area (Å²) in [5.41, 5.74) is 0.901. The van der Waals surface area contributed by atoms with Crippen molar-refractivity contribution >= 4 is 41.7 Å². The molecule has 1 fully saturated rings. The van der Waals surface area contributed by atoms with E-state index in [-0.39, 0.29) is 36.4 Å². The summed E-state index contributed by atoms with van der Waals surface area (Å²) in [5, 5.41) is 6.72. The standard InChI is InChI=1S/C20H34N6O.HI/c1-15-9-6-7-11-17(15)24-20(22-14-19(27)26(4)5)21-13-16-10-8-12-18(23-16)25(2)3;/h8,10,12,15,17H,6-7,9,11,13-14H2,1-5H3,(H2,21,22,24);1H. The van der Waals surface area contributed by atoms with Gasteiger partial charge in [-0.3, -0.25) is 4.79 Å². The smallest absolute Gasteiger partial charge is 0.241 e. The molecule has 2 atom stereocenters. The Morgan fingerprint density at radius 1 is 1.21 bits per heavy atom. The van der Waals surface area contributed by atoms with Gasteiger partial charge in [0.1, 0.15) is 5.82 Å². The van der Waals surface area contributed by atoms with E-state index in [1.165, 1.54) is 19.3 Å². The van der Waals surface area contributed by atoms with Crippen LogP contribution in [0, 0.1) is 5.92 Å². The lowest BCUT2D eigenvalue weighted by Crippen LogP contribution is -2.49. The van der Waals surface area contributed by atoms with Gasteiger partial charge in [-0.2, -0.15) is 0 Å². The normalized spacial score (nSPS) is 19.4. The van der Waals surface area contributed by atoms with Crippen LogP contribution in [0.25, 0.3) is 0 Å². The first-order chi connectivity index (χ1) is 12.9. The second-order valence-electron chi connectivity index (χ2n) is 7.70. The van der Waals surface area contributed by atoms with Crippen molar-refractivity contribution in [2.45, 2.75) is 45.2 Å². The number of carbonyl (C=O) groups is 1. The summed E-state index contributed by atoms with van der Waals surface area (Å²) in [7, 11) is 7.46. The van der Waals surface area contributed by atoms with Gasteiger partial charge < -0.3 is 20.4 Å². The molecule has 0 aliphatic heterocycles. The van der Waals surface area contributed by atoms with E-state index in [9.17, 15) is 4.79 Å². The molecule has 1 aliphatic carbocycles. The van der Waals surface area contributed by atoms with Gasteiger partial charge in [-0.05, 0) is 30.9 Å². The van der Waals surface area contributed by atoms with Gasteiger partial charge in [-0.25, -0.2) is 9.98 Å². The van der Waals surface area contributed by atoms with Crippen molar-refractivity contribution in [2.24, 2.45) is 10.9 Å². The molecule has 1 aromatic rings. The molecule has 0 bridgehead atoms. The van der Waals surface area contributed by atoms with E-state index in [0.29, 0.717) is 24.5 Å². The van der Waals surface area contributed by atoms with Crippen molar-refractivity contribution in [3.05, 3.63) is 23.9 Å². The largest absolute Gasteiger partial charge is 0.363 e. The number of aliphatic imine (C=N–C) groups is 1. The number of likely N-dealkylation sites (N-methyl/N-ethyl adjacent to an activating group) is 1. The first-order valence-corrected chi connectivity index (χ1v) is 9.75. The van der Waals surface area contributed by atoms with Crippen molar-refractivity contribution in [2.75, 3.05) is 39.6 Å². The second kappa shape index (κ2) is 12.1. The minimum absolute atomic E-state index is 0. The minimum Gasteiger partial charge on any atom is -0.363 e. The second-order valence-corrected chi connectivity index (χ2v) is 7.70. The van der Waals surface area contributed by atoms with Crippen LogP contribution in [-0.4, -0.2) is 62.5 Å². The summed E-state index contributed by atoms with van der Waals surface area (Å²) in [6, 6.07) is 6.33. The maximum Gasteiger partial charge on any atom is 0.241 e. The third-order valence-corrected chi connectivity index (χ3v) is 4.99. The molecule has 158 valence electrons. The highest BCUT2D eigenvalue weighted by molar-refractivity contribution is 14.0.